The lowest BCUT2D eigenvalue weighted by Crippen LogP contribution is -2.33. The largest absolute Gasteiger partial charge is 0.497 e. The van der Waals surface area contributed by atoms with Crippen molar-refractivity contribution in [2.24, 2.45) is 0 Å². The SMILES string of the molecule is CCN(Cc1ccc(OC)cc1)C(=O)CCn1c(C)cc(C)nc1=O. The van der Waals surface area contributed by atoms with Crippen molar-refractivity contribution in [2.45, 2.75) is 40.3 Å². The molecule has 0 aliphatic heterocycles. The molecule has 0 saturated heterocycles. The molecule has 0 spiro atoms. The number of aryl methyl sites for hydroxylation is 2. The van der Waals surface area contributed by atoms with Gasteiger partial charge in [0.05, 0.1) is 7.11 Å². The molecule has 134 valence electrons. The first-order chi connectivity index (χ1) is 11.9. The summed E-state index contributed by atoms with van der Waals surface area (Å²) < 4.78 is 6.70. The standard InChI is InChI=1S/C19H25N3O3/c1-5-21(13-16-6-8-17(25-4)9-7-16)18(23)10-11-22-15(3)12-14(2)20-19(22)24/h6-9,12H,5,10-11,13H2,1-4H3. The molecule has 0 bridgehead atoms. The highest BCUT2D eigenvalue weighted by Crippen LogP contribution is 2.13. The molecule has 0 aliphatic rings. The van der Waals surface area contributed by atoms with Crippen molar-refractivity contribution in [1.29, 1.82) is 0 Å². The maximum Gasteiger partial charge on any atom is 0.347 e. The van der Waals surface area contributed by atoms with Gasteiger partial charge in [0.1, 0.15) is 5.75 Å². The van der Waals surface area contributed by atoms with Gasteiger partial charge in [0.15, 0.2) is 0 Å². The Bertz CT molecular complexity index is 781. The van der Waals surface area contributed by atoms with E-state index in [2.05, 4.69) is 4.98 Å². The van der Waals surface area contributed by atoms with Crippen LogP contribution >= 0.6 is 0 Å². The van der Waals surface area contributed by atoms with E-state index in [1.165, 1.54) is 0 Å². The third kappa shape index (κ3) is 4.92. The minimum Gasteiger partial charge on any atom is -0.497 e. The minimum atomic E-state index is -0.302. The van der Waals surface area contributed by atoms with Gasteiger partial charge >= 0.3 is 5.69 Å². The van der Waals surface area contributed by atoms with Crippen molar-refractivity contribution in [3.63, 3.8) is 0 Å². The van der Waals surface area contributed by atoms with E-state index >= 15 is 0 Å². The monoisotopic (exact) mass is 343 g/mol. The van der Waals surface area contributed by atoms with Crippen LogP contribution in [-0.2, 0) is 17.9 Å². The highest BCUT2D eigenvalue weighted by Gasteiger charge is 2.13. The molecule has 2 aromatic rings. The number of carbonyl (C=O) groups excluding carboxylic acids is 1. The van der Waals surface area contributed by atoms with Crippen LogP contribution in [0.1, 0.15) is 30.3 Å². The second-order valence-electron chi connectivity index (χ2n) is 5.98. The summed E-state index contributed by atoms with van der Waals surface area (Å²) in [5.41, 5.74) is 2.26. The average molecular weight is 343 g/mol. The molecule has 25 heavy (non-hydrogen) atoms. The number of rotatable bonds is 7. The molecule has 6 heteroatoms. The van der Waals surface area contributed by atoms with Crippen molar-refractivity contribution in [2.75, 3.05) is 13.7 Å². The number of hydrogen-bond acceptors (Lipinski definition) is 4. The first kappa shape index (κ1) is 18.7. The first-order valence-electron chi connectivity index (χ1n) is 8.40. The predicted octanol–water partition coefficient (Wildman–Crippen LogP) is 2.31. The van der Waals surface area contributed by atoms with Crippen LogP contribution in [0.3, 0.4) is 0 Å². The lowest BCUT2D eigenvalue weighted by atomic mass is 10.2. The lowest BCUT2D eigenvalue weighted by molar-refractivity contribution is -0.131. The third-order valence-corrected chi connectivity index (χ3v) is 4.16. The summed E-state index contributed by atoms with van der Waals surface area (Å²) in [5.74, 6) is 0.810. The Morgan fingerprint density at radius 2 is 1.92 bits per heavy atom. The van der Waals surface area contributed by atoms with Crippen LogP contribution in [0.15, 0.2) is 35.1 Å². The summed E-state index contributed by atoms with van der Waals surface area (Å²) in [7, 11) is 1.63. The predicted molar refractivity (Wildman–Crippen MR) is 96.7 cm³/mol. The van der Waals surface area contributed by atoms with Crippen LogP contribution in [0.25, 0.3) is 0 Å². The lowest BCUT2D eigenvalue weighted by Gasteiger charge is -2.21. The second-order valence-corrected chi connectivity index (χ2v) is 5.98. The number of benzene rings is 1. The molecule has 0 atom stereocenters. The van der Waals surface area contributed by atoms with Gasteiger partial charge in [-0.15, -0.1) is 0 Å². The molecule has 0 N–H and O–H groups in total. The van der Waals surface area contributed by atoms with Crippen LogP contribution in [0, 0.1) is 13.8 Å². The fourth-order valence-electron chi connectivity index (χ4n) is 2.74. The zero-order valence-corrected chi connectivity index (χ0v) is 15.3. The number of ether oxygens (including phenoxy) is 1. The van der Waals surface area contributed by atoms with E-state index in [4.69, 9.17) is 4.74 Å². The number of methoxy groups -OCH3 is 1. The number of aromatic nitrogens is 2. The highest BCUT2D eigenvalue weighted by molar-refractivity contribution is 5.76. The quantitative estimate of drug-likeness (QED) is 0.774. The Morgan fingerprint density at radius 1 is 1.24 bits per heavy atom. The maximum atomic E-state index is 12.5. The summed E-state index contributed by atoms with van der Waals surface area (Å²) in [6.45, 7) is 7.10. The topological polar surface area (TPSA) is 64.4 Å². The van der Waals surface area contributed by atoms with E-state index in [1.807, 2.05) is 44.2 Å². The summed E-state index contributed by atoms with van der Waals surface area (Å²) in [4.78, 5) is 30.2. The van der Waals surface area contributed by atoms with Gasteiger partial charge in [-0.25, -0.2) is 4.79 Å². The molecule has 1 amide bonds. The van der Waals surface area contributed by atoms with E-state index in [9.17, 15) is 9.59 Å². The Kier molecular flexibility index (Phi) is 6.33. The molecule has 6 nitrogen and oxygen atoms in total. The smallest absolute Gasteiger partial charge is 0.347 e. The Balaban J connectivity index is 2.01. The van der Waals surface area contributed by atoms with Gasteiger partial charge in [-0.2, -0.15) is 4.98 Å². The summed E-state index contributed by atoms with van der Waals surface area (Å²) in [6, 6.07) is 9.52. The average Bonchev–Trinajstić information content (AvgIpc) is 2.59. The molecule has 0 fully saturated rings. The normalized spacial score (nSPS) is 10.6. The van der Waals surface area contributed by atoms with Crippen molar-refractivity contribution in [3.05, 3.63) is 57.8 Å². The van der Waals surface area contributed by atoms with Gasteiger partial charge in [0, 0.05) is 37.4 Å². The van der Waals surface area contributed by atoms with E-state index in [-0.39, 0.29) is 18.0 Å². The van der Waals surface area contributed by atoms with Crippen LogP contribution < -0.4 is 10.4 Å². The third-order valence-electron chi connectivity index (χ3n) is 4.16. The van der Waals surface area contributed by atoms with Crippen LogP contribution in [0.5, 0.6) is 5.75 Å². The molecular formula is C19H25N3O3. The fourth-order valence-corrected chi connectivity index (χ4v) is 2.74. The Morgan fingerprint density at radius 3 is 2.48 bits per heavy atom. The molecule has 1 heterocycles. The van der Waals surface area contributed by atoms with E-state index in [1.54, 1.807) is 23.5 Å². The zero-order chi connectivity index (χ0) is 18.4. The van der Waals surface area contributed by atoms with Crippen molar-refractivity contribution < 1.29 is 9.53 Å². The van der Waals surface area contributed by atoms with E-state index < -0.39 is 0 Å². The number of carbonyl (C=O) groups is 1. The molecule has 1 aromatic heterocycles. The Labute approximate surface area is 148 Å². The fraction of sp³-hybridized carbons (Fsp3) is 0.421. The molecule has 0 saturated carbocycles. The van der Waals surface area contributed by atoms with Crippen LogP contribution in [0.2, 0.25) is 0 Å². The molecule has 0 radical (unpaired) electrons. The van der Waals surface area contributed by atoms with Crippen molar-refractivity contribution >= 4 is 5.91 Å². The van der Waals surface area contributed by atoms with E-state index in [0.29, 0.717) is 25.3 Å². The number of hydrogen-bond donors (Lipinski definition) is 0. The van der Waals surface area contributed by atoms with Gasteiger partial charge in [0.25, 0.3) is 0 Å². The molecule has 2 rings (SSSR count). The summed E-state index contributed by atoms with van der Waals surface area (Å²) >= 11 is 0. The molecule has 0 aliphatic carbocycles. The highest BCUT2D eigenvalue weighted by atomic mass is 16.5. The minimum absolute atomic E-state index is 0.0187. The van der Waals surface area contributed by atoms with Crippen molar-refractivity contribution in [3.8, 4) is 5.75 Å². The molecular weight excluding hydrogens is 318 g/mol. The number of nitrogens with zero attached hydrogens (tertiary/aromatic N) is 3. The Hall–Kier alpha value is -2.63. The van der Waals surface area contributed by atoms with Gasteiger partial charge in [-0.3, -0.25) is 9.36 Å². The van der Waals surface area contributed by atoms with Gasteiger partial charge in [-0.1, -0.05) is 12.1 Å². The molecule has 1 aromatic carbocycles. The zero-order valence-electron chi connectivity index (χ0n) is 15.3. The summed E-state index contributed by atoms with van der Waals surface area (Å²) in [6.07, 6.45) is 0.273. The van der Waals surface area contributed by atoms with Gasteiger partial charge in [0.2, 0.25) is 5.91 Å². The summed E-state index contributed by atoms with van der Waals surface area (Å²) in [5, 5.41) is 0. The first-order valence-corrected chi connectivity index (χ1v) is 8.40. The van der Waals surface area contributed by atoms with Crippen molar-refractivity contribution in [1.82, 2.24) is 14.5 Å². The van der Waals surface area contributed by atoms with E-state index in [0.717, 1.165) is 17.0 Å². The number of amides is 1. The van der Waals surface area contributed by atoms with Gasteiger partial charge in [-0.05, 0) is 44.5 Å². The van der Waals surface area contributed by atoms with Crippen LogP contribution in [0.4, 0.5) is 0 Å². The van der Waals surface area contributed by atoms with Crippen LogP contribution in [-0.4, -0.2) is 34.0 Å². The second kappa shape index (κ2) is 8.46. The maximum absolute atomic E-state index is 12.5. The molecule has 0 unspecified atom stereocenters. The van der Waals surface area contributed by atoms with Gasteiger partial charge < -0.3 is 9.64 Å².